The van der Waals surface area contributed by atoms with E-state index in [0.717, 1.165) is 18.2 Å². The van der Waals surface area contributed by atoms with Gasteiger partial charge in [0, 0.05) is 18.7 Å². The Labute approximate surface area is 115 Å². The minimum atomic E-state index is -0.537. The van der Waals surface area contributed by atoms with E-state index in [9.17, 15) is 13.6 Å². The fourth-order valence-corrected chi connectivity index (χ4v) is 1.72. The van der Waals surface area contributed by atoms with Gasteiger partial charge >= 0.3 is 0 Å². The molecule has 1 aliphatic heterocycles. The maximum absolute atomic E-state index is 13.3. The third-order valence-electron chi connectivity index (χ3n) is 2.70. The molecule has 106 valence electrons. The van der Waals surface area contributed by atoms with E-state index in [1.165, 1.54) is 0 Å². The van der Waals surface area contributed by atoms with Crippen molar-refractivity contribution in [3.05, 3.63) is 35.4 Å². The molecular formula is C12H15ClF2N2O2. The summed E-state index contributed by atoms with van der Waals surface area (Å²) in [5.74, 6) is -1.34. The molecule has 0 spiro atoms. The Kier molecular flexibility index (Phi) is 6.14. The van der Waals surface area contributed by atoms with Crippen LogP contribution in [0.25, 0.3) is 0 Å². The molecule has 0 saturated carbocycles. The van der Waals surface area contributed by atoms with Crippen molar-refractivity contribution in [2.45, 2.75) is 12.6 Å². The first-order chi connectivity index (χ1) is 8.66. The fourth-order valence-electron chi connectivity index (χ4n) is 1.72. The highest BCUT2D eigenvalue weighted by Crippen LogP contribution is 2.09. The Morgan fingerprint density at radius 3 is 2.95 bits per heavy atom. The van der Waals surface area contributed by atoms with Gasteiger partial charge in [0.15, 0.2) is 0 Å². The van der Waals surface area contributed by atoms with Gasteiger partial charge in [0.25, 0.3) is 0 Å². The van der Waals surface area contributed by atoms with Crippen LogP contribution in [0.2, 0.25) is 0 Å². The Morgan fingerprint density at radius 1 is 1.47 bits per heavy atom. The molecule has 7 heteroatoms. The van der Waals surface area contributed by atoms with Gasteiger partial charge in [-0.25, -0.2) is 8.78 Å². The maximum atomic E-state index is 13.3. The Balaban J connectivity index is 0.00000180. The molecule has 1 fully saturated rings. The van der Waals surface area contributed by atoms with Crippen LogP contribution in [0.15, 0.2) is 18.2 Å². The monoisotopic (exact) mass is 292 g/mol. The third-order valence-corrected chi connectivity index (χ3v) is 2.70. The lowest BCUT2D eigenvalue weighted by Gasteiger charge is -2.22. The number of hydrogen-bond donors (Lipinski definition) is 2. The number of halogens is 3. The molecule has 0 bridgehead atoms. The summed E-state index contributed by atoms with van der Waals surface area (Å²) in [4.78, 5) is 11.7. The van der Waals surface area contributed by atoms with Crippen LogP contribution >= 0.6 is 12.4 Å². The van der Waals surface area contributed by atoms with Crippen molar-refractivity contribution >= 4 is 18.3 Å². The third kappa shape index (κ3) is 4.41. The number of amides is 1. The Hall–Kier alpha value is -1.24. The minimum Gasteiger partial charge on any atom is -0.378 e. The van der Waals surface area contributed by atoms with Gasteiger partial charge in [-0.3, -0.25) is 4.79 Å². The number of hydrogen-bond acceptors (Lipinski definition) is 3. The van der Waals surface area contributed by atoms with E-state index >= 15 is 0 Å². The van der Waals surface area contributed by atoms with Crippen molar-refractivity contribution in [3.8, 4) is 0 Å². The normalized spacial score (nSPS) is 18.5. The second-order valence-corrected chi connectivity index (χ2v) is 4.04. The molecule has 0 aromatic heterocycles. The highest BCUT2D eigenvalue weighted by Gasteiger charge is 2.20. The number of carbonyl (C=O) groups excluding carboxylic acids is 1. The van der Waals surface area contributed by atoms with Crippen molar-refractivity contribution in [1.82, 2.24) is 10.6 Å². The zero-order valence-electron chi connectivity index (χ0n) is 10.1. The quantitative estimate of drug-likeness (QED) is 0.874. The fraction of sp³-hybridized carbons (Fsp3) is 0.417. The maximum Gasteiger partial charge on any atom is 0.239 e. The molecule has 2 rings (SSSR count). The molecule has 4 nitrogen and oxygen atoms in total. The van der Waals surface area contributed by atoms with E-state index in [4.69, 9.17) is 4.74 Å². The second kappa shape index (κ2) is 7.37. The minimum absolute atomic E-state index is 0. The smallest absolute Gasteiger partial charge is 0.239 e. The van der Waals surface area contributed by atoms with Gasteiger partial charge in [0.2, 0.25) is 5.91 Å². The van der Waals surface area contributed by atoms with Gasteiger partial charge in [-0.05, 0) is 18.2 Å². The van der Waals surface area contributed by atoms with Crippen molar-refractivity contribution in [3.63, 3.8) is 0 Å². The predicted molar refractivity (Wildman–Crippen MR) is 68.1 cm³/mol. The van der Waals surface area contributed by atoms with E-state index in [0.29, 0.717) is 13.2 Å². The van der Waals surface area contributed by atoms with Gasteiger partial charge in [-0.2, -0.15) is 0 Å². The van der Waals surface area contributed by atoms with Gasteiger partial charge in [0.1, 0.15) is 17.7 Å². The lowest BCUT2D eigenvalue weighted by atomic mass is 10.2. The molecule has 1 unspecified atom stereocenters. The molecule has 19 heavy (non-hydrogen) atoms. The summed E-state index contributed by atoms with van der Waals surface area (Å²) < 4.78 is 31.4. The van der Waals surface area contributed by atoms with Crippen LogP contribution in [0.5, 0.6) is 0 Å². The molecule has 1 amide bonds. The molecule has 1 heterocycles. The molecule has 1 atom stereocenters. The highest BCUT2D eigenvalue weighted by molar-refractivity contribution is 5.85. The molecule has 2 N–H and O–H groups in total. The van der Waals surface area contributed by atoms with Gasteiger partial charge in [0.05, 0.1) is 13.2 Å². The zero-order valence-corrected chi connectivity index (χ0v) is 10.9. The lowest BCUT2D eigenvalue weighted by Crippen LogP contribution is -2.51. The Morgan fingerprint density at radius 2 is 2.26 bits per heavy atom. The van der Waals surface area contributed by atoms with E-state index in [2.05, 4.69) is 10.6 Å². The second-order valence-electron chi connectivity index (χ2n) is 4.04. The van der Waals surface area contributed by atoms with Crippen molar-refractivity contribution < 1.29 is 18.3 Å². The molecule has 1 aliphatic rings. The van der Waals surface area contributed by atoms with Crippen LogP contribution in [0.4, 0.5) is 8.78 Å². The average molecular weight is 293 g/mol. The van der Waals surface area contributed by atoms with Crippen LogP contribution in [0, 0.1) is 11.6 Å². The standard InChI is InChI=1S/C12H14F2N2O2.ClH/c13-9-1-2-10(14)8(5-9)6-16-12(17)11-7-18-4-3-15-11;/h1-2,5,11,15H,3-4,6-7H2,(H,16,17);1H. The summed E-state index contributed by atoms with van der Waals surface area (Å²) in [6, 6.07) is 2.71. The van der Waals surface area contributed by atoms with Crippen LogP contribution in [0.1, 0.15) is 5.56 Å². The summed E-state index contributed by atoms with van der Waals surface area (Å²) >= 11 is 0. The first-order valence-corrected chi connectivity index (χ1v) is 5.69. The average Bonchev–Trinajstić information content (AvgIpc) is 2.40. The number of morpholine rings is 1. The summed E-state index contributed by atoms with van der Waals surface area (Å²) in [6.07, 6.45) is 0. The van der Waals surface area contributed by atoms with Gasteiger partial charge < -0.3 is 15.4 Å². The van der Waals surface area contributed by atoms with Crippen LogP contribution in [-0.2, 0) is 16.1 Å². The lowest BCUT2D eigenvalue weighted by molar-refractivity contribution is -0.126. The molecule has 1 aromatic rings. The van der Waals surface area contributed by atoms with Crippen molar-refractivity contribution in [2.75, 3.05) is 19.8 Å². The van der Waals surface area contributed by atoms with E-state index in [1.54, 1.807) is 0 Å². The summed E-state index contributed by atoms with van der Waals surface area (Å²) in [5.41, 5.74) is 0.125. The number of benzene rings is 1. The number of carbonyl (C=O) groups is 1. The zero-order chi connectivity index (χ0) is 13.0. The van der Waals surface area contributed by atoms with E-state index in [1.807, 2.05) is 0 Å². The molecule has 1 saturated heterocycles. The highest BCUT2D eigenvalue weighted by atomic mass is 35.5. The van der Waals surface area contributed by atoms with Gasteiger partial charge in [-0.1, -0.05) is 0 Å². The number of nitrogens with one attached hydrogen (secondary N) is 2. The topological polar surface area (TPSA) is 50.4 Å². The SMILES string of the molecule is Cl.O=C(NCc1cc(F)ccc1F)C1COCCN1. The van der Waals surface area contributed by atoms with E-state index in [-0.39, 0.29) is 37.0 Å². The van der Waals surface area contributed by atoms with Crippen LogP contribution in [-0.4, -0.2) is 31.7 Å². The first-order valence-electron chi connectivity index (χ1n) is 5.69. The summed E-state index contributed by atoms with van der Waals surface area (Å²) in [7, 11) is 0. The number of ether oxygens (including phenoxy) is 1. The molecular weight excluding hydrogens is 278 g/mol. The van der Waals surface area contributed by atoms with Gasteiger partial charge in [-0.15, -0.1) is 12.4 Å². The first kappa shape index (κ1) is 15.8. The van der Waals surface area contributed by atoms with Crippen molar-refractivity contribution in [1.29, 1.82) is 0 Å². The van der Waals surface area contributed by atoms with Crippen molar-refractivity contribution in [2.24, 2.45) is 0 Å². The summed E-state index contributed by atoms with van der Waals surface area (Å²) in [5, 5.41) is 5.52. The summed E-state index contributed by atoms with van der Waals surface area (Å²) in [6.45, 7) is 1.42. The molecule has 0 aliphatic carbocycles. The predicted octanol–water partition coefficient (Wildman–Crippen LogP) is 0.991. The number of rotatable bonds is 3. The Bertz CT molecular complexity index is 440. The van der Waals surface area contributed by atoms with E-state index < -0.39 is 17.7 Å². The molecule has 1 aromatic carbocycles. The van der Waals surface area contributed by atoms with Crippen LogP contribution < -0.4 is 10.6 Å². The molecule has 0 radical (unpaired) electrons. The van der Waals surface area contributed by atoms with Crippen LogP contribution in [0.3, 0.4) is 0 Å². The largest absolute Gasteiger partial charge is 0.378 e.